The van der Waals surface area contributed by atoms with Crippen molar-refractivity contribution in [3.63, 3.8) is 0 Å². The molecule has 11 heteroatoms. The molecular weight excluding hydrogens is 524 g/mol. The highest BCUT2D eigenvalue weighted by Gasteiger charge is 2.15. The third-order valence-electron chi connectivity index (χ3n) is 6.62. The summed E-state index contributed by atoms with van der Waals surface area (Å²) in [5.41, 5.74) is 6.82. The van der Waals surface area contributed by atoms with Gasteiger partial charge in [0.25, 0.3) is 0 Å². The molecule has 0 aliphatic carbocycles. The number of sulfonamides is 1. The predicted molar refractivity (Wildman–Crippen MR) is 161 cm³/mol. The predicted octanol–water partition coefficient (Wildman–Crippen LogP) is 5.61. The van der Waals surface area contributed by atoms with Gasteiger partial charge >= 0.3 is 0 Å². The number of aryl methyl sites for hydroxylation is 2. The number of anilines is 6. The zero-order valence-corrected chi connectivity index (χ0v) is 23.5. The molecule has 2 heterocycles. The van der Waals surface area contributed by atoms with Gasteiger partial charge in [-0.25, -0.2) is 23.5 Å². The Morgan fingerprint density at radius 3 is 2.40 bits per heavy atom. The Morgan fingerprint density at radius 1 is 0.975 bits per heavy atom. The maximum absolute atomic E-state index is 11.9. The van der Waals surface area contributed by atoms with Gasteiger partial charge in [-0.3, -0.25) is 0 Å². The lowest BCUT2D eigenvalue weighted by molar-refractivity contribution is 0.597. The fraction of sp³-hybridized carbons (Fsp3) is 0.138. The van der Waals surface area contributed by atoms with E-state index < -0.39 is 10.0 Å². The van der Waals surface area contributed by atoms with E-state index in [9.17, 15) is 8.42 Å². The lowest BCUT2D eigenvalue weighted by atomic mass is 10.1. The molecule has 0 aliphatic heterocycles. The second kappa shape index (κ2) is 10.4. The molecule has 2 aromatic heterocycles. The molecule has 0 spiro atoms. The van der Waals surface area contributed by atoms with Gasteiger partial charge in [0.05, 0.1) is 15.9 Å². The first-order valence-electron chi connectivity index (χ1n) is 12.5. The van der Waals surface area contributed by atoms with Crippen molar-refractivity contribution in [2.24, 2.45) is 12.2 Å². The summed E-state index contributed by atoms with van der Waals surface area (Å²) >= 11 is 0. The number of nitrogens with one attached hydrogen (secondary N) is 2. The molecule has 0 atom stereocenters. The average Bonchev–Trinajstić information content (AvgIpc) is 3.23. The van der Waals surface area contributed by atoms with Gasteiger partial charge in [0.15, 0.2) is 0 Å². The van der Waals surface area contributed by atoms with Crippen molar-refractivity contribution < 1.29 is 8.42 Å². The maximum Gasteiger partial charge on any atom is 0.238 e. The van der Waals surface area contributed by atoms with Gasteiger partial charge < -0.3 is 20.1 Å². The number of primary sulfonamides is 1. The molecule has 0 radical (unpaired) electrons. The molecule has 40 heavy (non-hydrogen) atoms. The van der Waals surface area contributed by atoms with Crippen LogP contribution < -0.4 is 20.7 Å². The van der Waals surface area contributed by atoms with E-state index in [0.29, 0.717) is 23.0 Å². The summed E-state index contributed by atoms with van der Waals surface area (Å²) in [4.78, 5) is 15.7. The number of hydrogen-bond acceptors (Lipinski definition) is 8. The summed E-state index contributed by atoms with van der Waals surface area (Å²) in [6.45, 7) is 7.66. The van der Waals surface area contributed by atoms with Crippen molar-refractivity contribution in [3.05, 3.63) is 90.6 Å². The third-order valence-corrected chi connectivity index (χ3v) is 7.67. The zero-order valence-electron chi connectivity index (χ0n) is 22.7. The van der Waals surface area contributed by atoms with Crippen LogP contribution in [0.3, 0.4) is 0 Å². The van der Waals surface area contributed by atoms with Crippen LogP contribution in [-0.4, -0.2) is 35.0 Å². The minimum atomic E-state index is -3.85. The quantitative estimate of drug-likeness (QED) is 0.226. The molecule has 0 amide bonds. The van der Waals surface area contributed by atoms with Crippen LogP contribution >= 0.6 is 0 Å². The molecule has 4 N–H and O–H groups in total. The topological polar surface area (TPSA) is 131 Å². The van der Waals surface area contributed by atoms with Gasteiger partial charge in [0, 0.05) is 37.4 Å². The van der Waals surface area contributed by atoms with Gasteiger partial charge in [-0.05, 0) is 73.5 Å². The summed E-state index contributed by atoms with van der Waals surface area (Å²) < 4.78 is 25.8. The average molecular weight is 555 g/mol. The van der Waals surface area contributed by atoms with Crippen molar-refractivity contribution in [1.82, 2.24) is 19.5 Å². The monoisotopic (exact) mass is 554 g/mol. The Hall–Kier alpha value is -4.74. The van der Waals surface area contributed by atoms with Crippen LogP contribution in [0.25, 0.3) is 16.6 Å². The van der Waals surface area contributed by atoms with E-state index in [-0.39, 0.29) is 4.90 Å². The van der Waals surface area contributed by atoms with Crippen LogP contribution in [0.2, 0.25) is 0 Å². The molecule has 0 bridgehead atoms. The van der Waals surface area contributed by atoms with Gasteiger partial charge in [0.2, 0.25) is 21.9 Å². The highest BCUT2D eigenvalue weighted by molar-refractivity contribution is 7.89. The Labute approximate surface area is 233 Å². The van der Waals surface area contributed by atoms with Crippen LogP contribution in [0, 0.1) is 6.92 Å². The van der Waals surface area contributed by atoms with Crippen molar-refractivity contribution in [1.29, 1.82) is 0 Å². The molecule has 0 saturated carbocycles. The Kier molecular flexibility index (Phi) is 7.01. The number of hydrogen-bond donors (Lipinski definition) is 3. The molecule has 5 rings (SSSR count). The fourth-order valence-corrected chi connectivity index (χ4v) is 5.13. The number of nitrogens with two attached hydrogens (primary N) is 1. The van der Waals surface area contributed by atoms with Crippen LogP contribution in [-0.2, 0) is 17.1 Å². The van der Waals surface area contributed by atoms with E-state index in [1.54, 1.807) is 31.3 Å². The van der Waals surface area contributed by atoms with E-state index >= 15 is 0 Å². The van der Waals surface area contributed by atoms with Gasteiger partial charge in [-0.15, -0.1) is 0 Å². The van der Waals surface area contributed by atoms with Gasteiger partial charge in [0.1, 0.15) is 5.82 Å². The summed E-state index contributed by atoms with van der Waals surface area (Å²) in [6.07, 6.45) is 1.64. The number of aromatic nitrogens is 4. The molecule has 10 nitrogen and oxygen atoms in total. The summed E-state index contributed by atoms with van der Waals surface area (Å²) in [5.74, 6) is 1.68. The second-order valence-electron chi connectivity index (χ2n) is 9.60. The number of nitrogens with zero attached hydrogens (tertiary/aromatic N) is 5. The van der Waals surface area contributed by atoms with Crippen LogP contribution in [0.1, 0.15) is 18.1 Å². The highest BCUT2D eigenvalue weighted by atomic mass is 32.2. The first kappa shape index (κ1) is 26.9. The molecule has 0 aliphatic rings. The van der Waals surface area contributed by atoms with Gasteiger partial charge in [-0.1, -0.05) is 30.4 Å². The van der Waals surface area contributed by atoms with E-state index in [1.165, 1.54) is 6.07 Å². The number of imidazole rings is 1. The molecule has 204 valence electrons. The van der Waals surface area contributed by atoms with Crippen molar-refractivity contribution in [2.75, 3.05) is 22.6 Å². The Morgan fingerprint density at radius 2 is 1.70 bits per heavy atom. The summed E-state index contributed by atoms with van der Waals surface area (Å²) in [7, 11) is 0.0241. The Balaban J connectivity index is 1.38. The molecule has 0 fully saturated rings. The summed E-state index contributed by atoms with van der Waals surface area (Å²) in [5, 5.41) is 11.8. The number of benzene rings is 3. The first-order chi connectivity index (χ1) is 19.0. The number of rotatable bonds is 8. The second-order valence-corrected chi connectivity index (χ2v) is 11.1. The lowest BCUT2D eigenvalue weighted by Crippen LogP contribution is -2.14. The molecule has 5 aromatic rings. The van der Waals surface area contributed by atoms with Crippen LogP contribution in [0.5, 0.6) is 0 Å². The lowest BCUT2D eigenvalue weighted by Gasteiger charge is -2.19. The number of allylic oxidation sites excluding steroid dienone is 1. The van der Waals surface area contributed by atoms with Crippen molar-refractivity contribution >= 4 is 61.4 Å². The summed E-state index contributed by atoms with van der Waals surface area (Å²) in [6, 6.07) is 20.8. The normalized spacial score (nSPS) is 11.4. The SMILES string of the molecule is C=C(C)c1ccc(Nc2nc3cc(N(C)c4ccnc(Nc5ccc(C)c(S(N)(=O)=O)c5)n4)ccc3n2C)cc1. The van der Waals surface area contributed by atoms with E-state index in [1.807, 2.05) is 73.0 Å². The fourth-order valence-electron chi connectivity index (χ4n) is 4.32. The zero-order chi connectivity index (χ0) is 28.6. The Bertz CT molecular complexity index is 1850. The van der Waals surface area contributed by atoms with Gasteiger partial charge in [-0.2, -0.15) is 4.98 Å². The maximum atomic E-state index is 11.9. The minimum Gasteiger partial charge on any atom is -0.329 e. The standard InChI is InChI=1S/C29H30N8O2S/c1-18(2)20-7-10-21(11-8-20)33-29-34-24-17-23(12-13-25(24)37(29)5)36(4)27-14-15-31-28(35-27)32-22-9-6-19(3)26(16-22)40(30,38)39/h6-17H,1H2,2-5H3,(H,33,34)(H2,30,38,39)(H,31,32,35). The van der Waals surface area contributed by atoms with Crippen molar-refractivity contribution in [2.45, 2.75) is 18.7 Å². The van der Waals surface area contributed by atoms with Crippen LogP contribution in [0.4, 0.5) is 34.8 Å². The highest BCUT2D eigenvalue weighted by Crippen LogP contribution is 2.29. The third kappa shape index (κ3) is 5.51. The molecule has 0 saturated heterocycles. The molecule has 0 unspecified atom stereocenters. The first-order valence-corrected chi connectivity index (χ1v) is 14.0. The van der Waals surface area contributed by atoms with E-state index in [4.69, 9.17) is 10.1 Å². The van der Waals surface area contributed by atoms with Crippen molar-refractivity contribution in [3.8, 4) is 0 Å². The van der Waals surface area contributed by atoms with E-state index in [2.05, 4.69) is 27.2 Å². The molecule has 3 aromatic carbocycles. The minimum absolute atomic E-state index is 0.0483. The largest absolute Gasteiger partial charge is 0.329 e. The van der Waals surface area contributed by atoms with E-state index in [0.717, 1.165) is 39.5 Å². The molecular formula is C29H30N8O2S. The van der Waals surface area contributed by atoms with Crippen LogP contribution in [0.15, 0.2) is 84.4 Å². The number of fused-ring (bicyclic) bond motifs is 1. The smallest absolute Gasteiger partial charge is 0.238 e.